The Morgan fingerprint density at radius 3 is 0.955 bits per heavy atom. The normalized spacial score (nSPS) is 15.7. The van der Waals surface area contributed by atoms with Crippen molar-refractivity contribution in [1.82, 2.24) is 0 Å². The van der Waals surface area contributed by atoms with Gasteiger partial charge in [0.2, 0.25) is 0 Å². The molecule has 0 saturated heterocycles. The van der Waals surface area contributed by atoms with E-state index in [4.69, 9.17) is 18.9 Å². The maximum absolute atomic E-state index is 11.3. The van der Waals surface area contributed by atoms with E-state index in [-0.39, 0.29) is 0 Å². The first-order valence-corrected chi connectivity index (χ1v) is 6.73. The Kier molecular flexibility index (Phi) is 8.14. The summed E-state index contributed by atoms with van der Waals surface area (Å²) < 4.78 is 20.2. The van der Waals surface area contributed by atoms with Crippen molar-refractivity contribution >= 4 is 23.9 Å². The third-order valence-electron chi connectivity index (χ3n) is 2.56. The van der Waals surface area contributed by atoms with Crippen molar-refractivity contribution < 1.29 is 38.1 Å². The molecule has 0 aliphatic carbocycles. The Bertz CT molecular complexity index is 391. The highest BCUT2D eigenvalue weighted by molar-refractivity contribution is 5.68. The van der Waals surface area contributed by atoms with Crippen LogP contribution in [0.2, 0.25) is 0 Å². The van der Waals surface area contributed by atoms with Crippen LogP contribution >= 0.6 is 0 Å². The van der Waals surface area contributed by atoms with Crippen molar-refractivity contribution in [3.8, 4) is 0 Å². The highest BCUT2D eigenvalue weighted by Crippen LogP contribution is 2.18. The van der Waals surface area contributed by atoms with Gasteiger partial charge in [0, 0.05) is 27.7 Å². The van der Waals surface area contributed by atoms with Gasteiger partial charge in [0.05, 0.1) is 0 Å². The SMILES string of the molecule is CC(=O)O[C@@H]([C@H](OC(C)=O)[C@@H](C)OC(C)=O)[C@H](C)OC(C)=O. The van der Waals surface area contributed by atoms with Crippen molar-refractivity contribution in [1.29, 1.82) is 0 Å². The van der Waals surface area contributed by atoms with Gasteiger partial charge in [0.15, 0.2) is 12.2 Å². The first kappa shape index (κ1) is 19.9. The van der Waals surface area contributed by atoms with Crippen LogP contribution in [-0.2, 0) is 38.1 Å². The summed E-state index contributed by atoms with van der Waals surface area (Å²) in [6.45, 7) is 7.66. The molecule has 0 unspecified atom stereocenters. The highest BCUT2D eigenvalue weighted by Gasteiger charge is 2.39. The summed E-state index contributed by atoms with van der Waals surface area (Å²) in [5, 5.41) is 0. The van der Waals surface area contributed by atoms with Gasteiger partial charge in [0.1, 0.15) is 12.2 Å². The summed E-state index contributed by atoms with van der Waals surface area (Å²) in [5.41, 5.74) is 0. The van der Waals surface area contributed by atoms with Gasteiger partial charge in [0.25, 0.3) is 0 Å². The molecule has 0 aliphatic rings. The number of carbonyl (C=O) groups excluding carboxylic acids is 4. The largest absolute Gasteiger partial charge is 0.459 e. The van der Waals surface area contributed by atoms with Gasteiger partial charge >= 0.3 is 23.9 Å². The van der Waals surface area contributed by atoms with Crippen LogP contribution in [0.3, 0.4) is 0 Å². The standard InChI is InChI=1S/C14H22O8/c1-7(19-9(3)15)13(21-11(5)17)14(22-12(6)18)8(2)20-10(4)16/h7-8,13-14H,1-6H3/t7-,8+,13-,14-/m1/s1. The minimum atomic E-state index is -1.11. The molecule has 0 N–H and O–H groups in total. The first-order valence-electron chi connectivity index (χ1n) is 6.73. The van der Waals surface area contributed by atoms with E-state index in [1.165, 1.54) is 27.7 Å². The lowest BCUT2D eigenvalue weighted by atomic mass is 10.0. The maximum atomic E-state index is 11.3. The fourth-order valence-corrected chi connectivity index (χ4v) is 1.90. The fourth-order valence-electron chi connectivity index (χ4n) is 1.90. The minimum absolute atomic E-state index is 0.591. The van der Waals surface area contributed by atoms with Gasteiger partial charge in [-0.2, -0.15) is 0 Å². The van der Waals surface area contributed by atoms with Crippen molar-refractivity contribution in [2.45, 2.75) is 66.0 Å². The molecule has 0 amide bonds. The Balaban J connectivity index is 5.39. The van der Waals surface area contributed by atoms with E-state index in [9.17, 15) is 19.2 Å². The van der Waals surface area contributed by atoms with E-state index in [2.05, 4.69) is 0 Å². The van der Waals surface area contributed by atoms with Gasteiger partial charge in [-0.15, -0.1) is 0 Å². The molecule has 4 atom stereocenters. The van der Waals surface area contributed by atoms with Crippen LogP contribution in [0.25, 0.3) is 0 Å². The maximum Gasteiger partial charge on any atom is 0.303 e. The van der Waals surface area contributed by atoms with E-state index >= 15 is 0 Å². The molecule has 0 spiro atoms. The molecule has 8 heteroatoms. The molecule has 0 rings (SSSR count). The molecule has 0 radical (unpaired) electrons. The quantitative estimate of drug-likeness (QED) is 0.500. The molecule has 0 fully saturated rings. The molecule has 0 heterocycles. The second kappa shape index (κ2) is 9.01. The number of carbonyl (C=O) groups is 4. The lowest BCUT2D eigenvalue weighted by Gasteiger charge is -2.33. The van der Waals surface area contributed by atoms with Crippen LogP contribution in [0.4, 0.5) is 0 Å². The van der Waals surface area contributed by atoms with Gasteiger partial charge < -0.3 is 18.9 Å². The molecule has 126 valence electrons. The first-order chi connectivity index (χ1) is 10.0. The molecule has 0 bridgehead atoms. The molecule has 22 heavy (non-hydrogen) atoms. The second-order valence-corrected chi connectivity index (χ2v) is 4.78. The van der Waals surface area contributed by atoms with Crippen LogP contribution < -0.4 is 0 Å². The molecule has 0 saturated carbocycles. The number of hydrogen-bond donors (Lipinski definition) is 0. The van der Waals surface area contributed by atoms with E-state index < -0.39 is 48.3 Å². The molecule has 0 aromatic carbocycles. The van der Waals surface area contributed by atoms with Crippen molar-refractivity contribution in [2.24, 2.45) is 0 Å². The summed E-state index contributed by atoms with van der Waals surface area (Å²) in [6, 6.07) is 0. The van der Waals surface area contributed by atoms with Crippen LogP contribution in [-0.4, -0.2) is 48.3 Å². The second-order valence-electron chi connectivity index (χ2n) is 4.78. The monoisotopic (exact) mass is 318 g/mol. The van der Waals surface area contributed by atoms with Crippen LogP contribution in [0.15, 0.2) is 0 Å². The minimum Gasteiger partial charge on any atom is -0.459 e. The Morgan fingerprint density at radius 1 is 0.545 bits per heavy atom. The van der Waals surface area contributed by atoms with Crippen LogP contribution in [0.1, 0.15) is 41.5 Å². The molecular formula is C14H22O8. The van der Waals surface area contributed by atoms with E-state index in [1.807, 2.05) is 0 Å². The highest BCUT2D eigenvalue weighted by atomic mass is 16.6. The lowest BCUT2D eigenvalue weighted by Crippen LogP contribution is -2.49. The van der Waals surface area contributed by atoms with Gasteiger partial charge in [-0.3, -0.25) is 19.2 Å². The van der Waals surface area contributed by atoms with Crippen LogP contribution in [0, 0.1) is 0 Å². The van der Waals surface area contributed by atoms with E-state index in [0.29, 0.717) is 0 Å². The van der Waals surface area contributed by atoms with Crippen molar-refractivity contribution in [2.75, 3.05) is 0 Å². The zero-order valence-corrected chi connectivity index (χ0v) is 13.6. The zero-order valence-electron chi connectivity index (χ0n) is 13.6. The van der Waals surface area contributed by atoms with E-state index in [1.54, 1.807) is 0 Å². The van der Waals surface area contributed by atoms with Crippen molar-refractivity contribution in [3.05, 3.63) is 0 Å². The van der Waals surface area contributed by atoms with Gasteiger partial charge in [-0.25, -0.2) is 0 Å². The Labute approximate surface area is 129 Å². The Hall–Kier alpha value is -2.12. The van der Waals surface area contributed by atoms with E-state index in [0.717, 1.165) is 13.8 Å². The number of hydrogen-bond acceptors (Lipinski definition) is 8. The molecule has 0 aromatic rings. The summed E-state index contributed by atoms with van der Waals surface area (Å²) in [7, 11) is 0. The summed E-state index contributed by atoms with van der Waals surface area (Å²) in [4.78, 5) is 44.7. The summed E-state index contributed by atoms with van der Waals surface area (Å²) in [6.07, 6.45) is -4.02. The fraction of sp³-hybridized carbons (Fsp3) is 0.714. The predicted molar refractivity (Wildman–Crippen MR) is 73.6 cm³/mol. The number of esters is 4. The van der Waals surface area contributed by atoms with Crippen LogP contribution in [0.5, 0.6) is 0 Å². The number of ether oxygens (including phenoxy) is 4. The Morgan fingerprint density at radius 2 is 0.773 bits per heavy atom. The molecular weight excluding hydrogens is 296 g/mol. The smallest absolute Gasteiger partial charge is 0.303 e. The molecule has 8 nitrogen and oxygen atoms in total. The summed E-state index contributed by atoms with van der Waals surface area (Å²) >= 11 is 0. The number of rotatable bonds is 7. The topological polar surface area (TPSA) is 105 Å². The third kappa shape index (κ3) is 7.61. The van der Waals surface area contributed by atoms with Crippen molar-refractivity contribution in [3.63, 3.8) is 0 Å². The zero-order chi connectivity index (χ0) is 17.4. The molecule has 0 aliphatic heterocycles. The average Bonchev–Trinajstić information content (AvgIpc) is 2.30. The summed E-state index contributed by atoms with van der Waals surface area (Å²) in [5.74, 6) is -2.50. The van der Waals surface area contributed by atoms with Gasteiger partial charge in [-0.1, -0.05) is 0 Å². The molecule has 0 aromatic heterocycles. The third-order valence-corrected chi connectivity index (χ3v) is 2.56. The predicted octanol–water partition coefficient (Wildman–Crippen LogP) is 0.753. The lowest BCUT2D eigenvalue weighted by molar-refractivity contribution is -0.195. The average molecular weight is 318 g/mol. The van der Waals surface area contributed by atoms with Gasteiger partial charge in [-0.05, 0) is 13.8 Å².